The quantitative estimate of drug-likeness (QED) is 0.141. The molecule has 0 saturated heterocycles. The van der Waals surface area contributed by atoms with E-state index in [-0.39, 0.29) is 0 Å². The molecule has 2 heterocycles. The summed E-state index contributed by atoms with van der Waals surface area (Å²) in [5.41, 5.74) is 7.52. The minimum atomic E-state index is 0.717. The molecular weight excluding hydrogens is 613 g/mol. The van der Waals surface area contributed by atoms with Crippen molar-refractivity contribution in [3.63, 3.8) is 0 Å². The van der Waals surface area contributed by atoms with E-state index in [0.29, 0.717) is 5.82 Å². The van der Waals surface area contributed by atoms with E-state index in [0.717, 1.165) is 28.1 Å². The predicted molar refractivity (Wildman–Crippen MR) is 209 cm³/mol. The van der Waals surface area contributed by atoms with Crippen molar-refractivity contribution >= 4 is 63.8 Å². The lowest BCUT2D eigenvalue weighted by Gasteiger charge is -2.19. The van der Waals surface area contributed by atoms with Gasteiger partial charge in [-0.15, -0.1) is 11.3 Å². The lowest BCUT2D eigenvalue weighted by molar-refractivity contribution is 1.19. The zero-order valence-corrected chi connectivity index (χ0v) is 27.3. The molecule has 228 valence electrons. The van der Waals surface area contributed by atoms with Gasteiger partial charge in [0.05, 0.1) is 11.4 Å². The Balaban J connectivity index is 1.38. The van der Waals surface area contributed by atoms with Crippen LogP contribution in [0, 0.1) is 0 Å². The van der Waals surface area contributed by atoms with Crippen molar-refractivity contribution in [3.8, 4) is 45.0 Å². The van der Waals surface area contributed by atoms with Crippen molar-refractivity contribution in [1.29, 1.82) is 0 Å². The Morgan fingerprint density at radius 1 is 0.367 bits per heavy atom. The van der Waals surface area contributed by atoms with Gasteiger partial charge >= 0.3 is 0 Å². The largest absolute Gasteiger partial charge is 0.228 e. The monoisotopic (exact) mass is 640 g/mol. The van der Waals surface area contributed by atoms with E-state index in [1.54, 1.807) is 0 Å². The minimum Gasteiger partial charge on any atom is -0.228 e. The van der Waals surface area contributed by atoms with Crippen molar-refractivity contribution in [1.82, 2.24) is 9.97 Å². The van der Waals surface area contributed by atoms with Crippen LogP contribution in [0.3, 0.4) is 0 Å². The summed E-state index contributed by atoms with van der Waals surface area (Å²) < 4.78 is 2.54. The molecule has 0 bridgehead atoms. The third-order valence-corrected chi connectivity index (χ3v) is 10.8. The molecule has 0 fully saturated rings. The van der Waals surface area contributed by atoms with Crippen molar-refractivity contribution in [2.45, 2.75) is 0 Å². The van der Waals surface area contributed by atoms with Crippen molar-refractivity contribution in [2.75, 3.05) is 0 Å². The average Bonchev–Trinajstić information content (AvgIpc) is 3.56. The van der Waals surface area contributed by atoms with Crippen LogP contribution in [0.5, 0.6) is 0 Å². The number of rotatable bonds is 4. The van der Waals surface area contributed by atoms with Crippen LogP contribution < -0.4 is 0 Å². The van der Waals surface area contributed by atoms with Gasteiger partial charge < -0.3 is 0 Å². The van der Waals surface area contributed by atoms with E-state index in [4.69, 9.17) is 9.97 Å². The van der Waals surface area contributed by atoms with E-state index in [2.05, 4.69) is 164 Å². The third-order valence-electron chi connectivity index (χ3n) is 9.67. The fourth-order valence-corrected chi connectivity index (χ4v) is 8.68. The predicted octanol–water partition coefficient (Wildman–Crippen LogP) is 13.0. The Kier molecular flexibility index (Phi) is 6.39. The van der Waals surface area contributed by atoms with Gasteiger partial charge in [0.15, 0.2) is 5.82 Å². The topological polar surface area (TPSA) is 25.8 Å². The average molecular weight is 641 g/mol. The van der Waals surface area contributed by atoms with E-state index in [9.17, 15) is 0 Å². The summed E-state index contributed by atoms with van der Waals surface area (Å²) >= 11 is 1.83. The number of aromatic nitrogens is 2. The normalized spacial score (nSPS) is 11.7. The highest BCUT2D eigenvalue weighted by Crippen LogP contribution is 2.47. The van der Waals surface area contributed by atoms with Gasteiger partial charge in [0.2, 0.25) is 0 Å². The maximum atomic E-state index is 5.43. The Labute approximate surface area is 287 Å². The Hall–Kier alpha value is -6.16. The number of hydrogen-bond donors (Lipinski definition) is 0. The van der Waals surface area contributed by atoms with Gasteiger partial charge in [-0.25, -0.2) is 9.97 Å². The lowest BCUT2D eigenvalue weighted by atomic mass is 9.85. The first-order chi connectivity index (χ1) is 24.3. The molecule has 0 radical (unpaired) electrons. The third kappa shape index (κ3) is 4.47. The number of nitrogens with zero attached hydrogens (tertiary/aromatic N) is 2. The molecule has 2 aromatic heterocycles. The zero-order valence-electron chi connectivity index (χ0n) is 26.5. The Morgan fingerprint density at radius 2 is 0.980 bits per heavy atom. The molecule has 0 aliphatic rings. The van der Waals surface area contributed by atoms with E-state index >= 15 is 0 Å². The standard InChI is InChI=1S/C46H28N2S/c1-3-15-30(16-4-1)42-33-20-9-10-21-34(33)45(44-32-19-8-7-14-29(32)26-27-37(42)44)39-28-38(47-46(48-39)31-17-5-2-6-18-31)35-23-13-25-41-43(35)36-22-11-12-24-40(36)49-41/h1-28H. The number of benzene rings is 8. The van der Waals surface area contributed by atoms with Gasteiger partial charge in [-0.05, 0) is 56.3 Å². The van der Waals surface area contributed by atoms with Crippen LogP contribution in [0.2, 0.25) is 0 Å². The van der Waals surface area contributed by atoms with Crippen LogP contribution in [0.1, 0.15) is 0 Å². The first kappa shape index (κ1) is 27.9. The first-order valence-corrected chi connectivity index (χ1v) is 17.4. The second-order valence-corrected chi connectivity index (χ2v) is 13.6. The Bertz CT molecular complexity index is 2870. The van der Waals surface area contributed by atoms with Crippen LogP contribution >= 0.6 is 11.3 Å². The van der Waals surface area contributed by atoms with Crippen molar-refractivity contribution < 1.29 is 0 Å². The van der Waals surface area contributed by atoms with E-state index in [1.165, 1.54) is 63.6 Å². The number of thiophene rings is 1. The van der Waals surface area contributed by atoms with Gasteiger partial charge in [-0.3, -0.25) is 0 Å². The van der Waals surface area contributed by atoms with Gasteiger partial charge in [-0.1, -0.05) is 152 Å². The van der Waals surface area contributed by atoms with Gasteiger partial charge in [0.25, 0.3) is 0 Å². The molecule has 49 heavy (non-hydrogen) atoms. The van der Waals surface area contributed by atoms with Crippen molar-refractivity contribution in [3.05, 3.63) is 170 Å². The maximum absolute atomic E-state index is 5.43. The molecular formula is C46H28N2S. The van der Waals surface area contributed by atoms with E-state index in [1.807, 2.05) is 17.4 Å². The molecule has 8 aromatic carbocycles. The summed E-state index contributed by atoms with van der Waals surface area (Å²) in [6, 6.07) is 60.8. The molecule has 10 rings (SSSR count). The number of hydrogen-bond acceptors (Lipinski definition) is 3. The minimum absolute atomic E-state index is 0.717. The second kappa shape index (κ2) is 11.2. The summed E-state index contributed by atoms with van der Waals surface area (Å²) in [5.74, 6) is 0.717. The lowest BCUT2D eigenvalue weighted by Crippen LogP contribution is -1.98. The molecule has 3 heteroatoms. The fraction of sp³-hybridized carbons (Fsp3) is 0. The van der Waals surface area contributed by atoms with Crippen LogP contribution in [0.15, 0.2) is 170 Å². The van der Waals surface area contributed by atoms with Gasteiger partial charge in [0.1, 0.15) is 0 Å². The highest BCUT2D eigenvalue weighted by Gasteiger charge is 2.22. The van der Waals surface area contributed by atoms with Crippen LogP contribution in [0.4, 0.5) is 0 Å². The molecule has 0 aliphatic heterocycles. The Morgan fingerprint density at radius 3 is 1.78 bits per heavy atom. The first-order valence-electron chi connectivity index (χ1n) is 16.6. The molecule has 0 spiro atoms. The maximum Gasteiger partial charge on any atom is 0.160 e. The molecule has 0 unspecified atom stereocenters. The molecule has 0 amide bonds. The molecule has 2 nitrogen and oxygen atoms in total. The number of fused-ring (bicyclic) bond motifs is 7. The highest BCUT2D eigenvalue weighted by atomic mass is 32.1. The SMILES string of the molecule is c1ccc(-c2nc(-c3cccc4sc5ccccc5c34)cc(-c3c4ccccc4c(-c4ccccc4)c4ccc5ccccc5c34)n2)cc1. The molecule has 0 atom stereocenters. The summed E-state index contributed by atoms with van der Waals surface area (Å²) in [6.45, 7) is 0. The fourth-order valence-electron chi connectivity index (χ4n) is 7.55. The van der Waals surface area contributed by atoms with Crippen molar-refractivity contribution in [2.24, 2.45) is 0 Å². The van der Waals surface area contributed by atoms with E-state index < -0.39 is 0 Å². The van der Waals surface area contributed by atoms with Crippen LogP contribution in [-0.2, 0) is 0 Å². The molecule has 0 N–H and O–H groups in total. The smallest absolute Gasteiger partial charge is 0.160 e. The van der Waals surface area contributed by atoms with Gasteiger partial charge in [0, 0.05) is 42.2 Å². The second-order valence-electron chi connectivity index (χ2n) is 12.5. The summed E-state index contributed by atoms with van der Waals surface area (Å²) in [7, 11) is 0. The molecule has 0 saturated carbocycles. The van der Waals surface area contributed by atoms with Gasteiger partial charge in [-0.2, -0.15) is 0 Å². The van der Waals surface area contributed by atoms with Crippen LogP contribution in [0.25, 0.3) is 97.5 Å². The molecule has 0 aliphatic carbocycles. The summed E-state index contributed by atoms with van der Waals surface area (Å²) in [5, 5.41) is 9.72. The summed E-state index contributed by atoms with van der Waals surface area (Å²) in [6.07, 6.45) is 0. The van der Waals surface area contributed by atoms with Crippen LogP contribution in [-0.4, -0.2) is 9.97 Å². The zero-order chi connectivity index (χ0) is 32.3. The highest BCUT2D eigenvalue weighted by molar-refractivity contribution is 7.25. The molecule has 10 aromatic rings. The summed E-state index contributed by atoms with van der Waals surface area (Å²) in [4.78, 5) is 10.7.